The fraction of sp³-hybridized carbons (Fsp3) is 0.296. The summed E-state index contributed by atoms with van der Waals surface area (Å²) in [4.78, 5) is 11.4. The predicted octanol–water partition coefficient (Wildman–Crippen LogP) is 5.35. The first kappa shape index (κ1) is 23.2. The predicted molar refractivity (Wildman–Crippen MR) is 132 cm³/mol. The van der Waals surface area contributed by atoms with Crippen molar-refractivity contribution in [3.63, 3.8) is 0 Å². The number of hydrogen-bond acceptors (Lipinski definition) is 3. The normalized spacial score (nSPS) is 15.3. The van der Waals surface area contributed by atoms with E-state index in [9.17, 15) is 13.2 Å². The van der Waals surface area contributed by atoms with E-state index in [-0.39, 0.29) is 10.8 Å². The molecule has 5 nitrogen and oxygen atoms in total. The van der Waals surface area contributed by atoms with Gasteiger partial charge in [-0.05, 0) is 72.6 Å². The number of nitrogens with zero attached hydrogens (tertiary/aromatic N) is 1. The maximum absolute atomic E-state index is 13.0. The summed E-state index contributed by atoms with van der Waals surface area (Å²) < 4.78 is 27.6. The van der Waals surface area contributed by atoms with E-state index in [1.165, 1.54) is 23.6 Å². The van der Waals surface area contributed by atoms with E-state index in [1.54, 1.807) is 28.6 Å². The maximum Gasteiger partial charge on any atom is 0.243 e. The quantitative estimate of drug-likeness (QED) is 0.515. The van der Waals surface area contributed by atoms with Crippen molar-refractivity contribution in [2.45, 2.75) is 37.5 Å². The molecule has 0 saturated carbocycles. The van der Waals surface area contributed by atoms with Crippen LogP contribution in [0.2, 0.25) is 0 Å². The molecule has 0 radical (unpaired) electrons. The number of benzene rings is 3. The molecule has 6 heteroatoms. The van der Waals surface area contributed by atoms with Gasteiger partial charge in [0.25, 0.3) is 0 Å². The van der Waals surface area contributed by atoms with Crippen molar-refractivity contribution in [1.29, 1.82) is 0 Å². The van der Waals surface area contributed by atoms with Crippen LogP contribution in [-0.2, 0) is 21.2 Å². The van der Waals surface area contributed by atoms with E-state index in [1.807, 2.05) is 6.07 Å². The highest BCUT2D eigenvalue weighted by Crippen LogP contribution is 2.28. The molecule has 1 saturated heterocycles. The van der Waals surface area contributed by atoms with E-state index in [0.717, 1.165) is 25.7 Å². The molecule has 0 atom stereocenters. The smallest absolute Gasteiger partial charge is 0.243 e. The Morgan fingerprint density at radius 1 is 0.879 bits per heavy atom. The summed E-state index contributed by atoms with van der Waals surface area (Å²) in [5.74, 6) is 0.354. The average Bonchev–Trinajstić information content (AvgIpc) is 2.84. The van der Waals surface area contributed by atoms with Crippen LogP contribution < -0.4 is 5.32 Å². The summed E-state index contributed by atoms with van der Waals surface area (Å²) in [6.07, 6.45) is 3.84. The maximum atomic E-state index is 13.0. The zero-order chi connectivity index (χ0) is 23.3. The molecule has 3 aromatic carbocycles. The number of anilines is 1. The lowest BCUT2D eigenvalue weighted by Gasteiger charge is -2.31. The Labute approximate surface area is 196 Å². The van der Waals surface area contributed by atoms with Gasteiger partial charge in [-0.2, -0.15) is 4.31 Å². The van der Waals surface area contributed by atoms with Gasteiger partial charge in [0.05, 0.1) is 4.90 Å². The molecular formula is C27H30N2O3S. The lowest BCUT2D eigenvalue weighted by Crippen LogP contribution is -2.38. The Bertz CT molecular complexity index is 1170. The van der Waals surface area contributed by atoms with Crippen LogP contribution in [0.3, 0.4) is 0 Å². The first-order chi connectivity index (χ1) is 15.9. The second-order valence-electron chi connectivity index (χ2n) is 8.65. The standard InChI is InChI=1S/C27H30N2O3S/c1-21(30)28-26-13-15-27(16-14-26)33(31,32)29-19-17-23(18-20-29)8-7-22-9-11-25(12-10-22)24-5-3-2-4-6-24/h2-6,9-16,23H,7-8,17-20H2,1H3,(H,28,30). The van der Waals surface area contributed by atoms with Crippen molar-refractivity contribution < 1.29 is 13.2 Å². The molecule has 1 amide bonds. The number of nitrogens with one attached hydrogen (secondary N) is 1. The molecule has 0 spiro atoms. The number of sulfonamides is 1. The van der Waals surface area contributed by atoms with E-state index in [0.29, 0.717) is 24.7 Å². The van der Waals surface area contributed by atoms with Gasteiger partial charge in [-0.15, -0.1) is 0 Å². The van der Waals surface area contributed by atoms with Gasteiger partial charge in [-0.3, -0.25) is 4.79 Å². The van der Waals surface area contributed by atoms with E-state index >= 15 is 0 Å². The molecule has 33 heavy (non-hydrogen) atoms. The Hall–Kier alpha value is -2.96. The number of piperidine rings is 1. The van der Waals surface area contributed by atoms with Crippen molar-refractivity contribution >= 4 is 21.6 Å². The molecule has 1 fully saturated rings. The van der Waals surface area contributed by atoms with Crippen molar-refractivity contribution in [3.8, 4) is 11.1 Å². The van der Waals surface area contributed by atoms with Crippen molar-refractivity contribution in [3.05, 3.63) is 84.4 Å². The van der Waals surface area contributed by atoms with Crippen LogP contribution in [0.5, 0.6) is 0 Å². The Morgan fingerprint density at radius 3 is 2.09 bits per heavy atom. The number of carbonyl (C=O) groups excluding carboxylic acids is 1. The number of amides is 1. The second-order valence-corrected chi connectivity index (χ2v) is 10.6. The Morgan fingerprint density at radius 2 is 1.48 bits per heavy atom. The van der Waals surface area contributed by atoms with Crippen LogP contribution in [0.1, 0.15) is 31.7 Å². The fourth-order valence-corrected chi connectivity index (χ4v) is 5.84. The van der Waals surface area contributed by atoms with Crippen LogP contribution in [0.4, 0.5) is 5.69 Å². The van der Waals surface area contributed by atoms with Crippen molar-refractivity contribution in [2.75, 3.05) is 18.4 Å². The van der Waals surface area contributed by atoms with Crippen LogP contribution in [0.25, 0.3) is 11.1 Å². The number of aryl methyl sites for hydroxylation is 1. The number of carbonyl (C=O) groups is 1. The zero-order valence-corrected chi connectivity index (χ0v) is 19.7. The molecule has 0 aromatic heterocycles. The molecule has 1 heterocycles. The highest BCUT2D eigenvalue weighted by molar-refractivity contribution is 7.89. The topological polar surface area (TPSA) is 66.5 Å². The van der Waals surface area contributed by atoms with Crippen molar-refractivity contribution in [2.24, 2.45) is 5.92 Å². The lowest BCUT2D eigenvalue weighted by atomic mass is 9.91. The van der Waals surface area contributed by atoms with Gasteiger partial charge >= 0.3 is 0 Å². The zero-order valence-electron chi connectivity index (χ0n) is 18.9. The first-order valence-corrected chi connectivity index (χ1v) is 12.9. The Balaban J connectivity index is 1.28. The highest BCUT2D eigenvalue weighted by Gasteiger charge is 2.29. The van der Waals surface area contributed by atoms with E-state index in [2.05, 4.69) is 53.8 Å². The number of hydrogen-bond donors (Lipinski definition) is 1. The van der Waals surface area contributed by atoms with E-state index < -0.39 is 10.0 Å². The average molecular weight is 463 g/mol. The molecular weight excluding hydrogens is 432 g/mol. The molecule has 0 unspecified atom stereocenters. The third-order valence-electron chi connectivity index (χ3n) is 6.29. The van der Waals surface area contributed by atoms with Gasteiger partial charge in [0.1, 0.15) is 0 Å². The van der Waals surface area contributed by atoms with Gasteiger partial charge in [0, 0.05) is 25.7 Å². The summed E-state index contributed by atoms with van der Waals surface area (Å²) in [5, 5.41) is 2.66. The van der Waals surface area contributed by atoms with Gasteiger partial charge in [-0.1, -0.05) is 54.6 Å². The van der Waals surface area contributed by atoms with Crippen LogP contribution in [0, 0.1) is 5.92 Å². The SMILES string of the molecule is CC(=O)Nc1ccc(S(=O)(=O)N2CCC(CCc3ccc(-c4ccccc4)cc3)CC2)cc1. The van der Waals surface area contributed by atoms with Crippen LogP contribution >= 0.6 is 0 Å². The molecule has 1 aliphatic rings. The summed E-state index contributed by atoms with van der Waals surface area (Å²) in [6, 6.07) is 25.5. The molecule has 0 aliphatic carbocycles. The van der Waals surface area contributed by atoms with Gasteiger partial charge < -0.3 is 5.32 Å². The summed E-state index contributed by atoms with van der Waals surface area (Å²) in [7, 11) is -3.51. The molecule has 1 aliphatic heterocycles. The highest BCUT2D eigenvalue weighted by atomic mass is 32.2. The third-order valence-corrected chi connectivity index (χ3v) is 8.20. The lowest BCUT2D eigenvalue weighted by molar-refractivity contribution is -0.114. The molecule has 3 aromatic rings. The van der Waals surface area contributed by atoms with E-state index in [4.69, 9.17) is 0 Å². The minimum absolute atomic E-state index is 0.181. The fourth-order valence-electron chi connectivity index (χ4n) is 4.37. The van der Waals surface area contributed by atoms with Gasteiger partial charge in [0.15, 0.2) is 0 Å². The molecule has 4 rings (SSSR count). The van der Waals surface area contributed by atoms with Gasteiger partial charge in [-0.25, -0.2) is 8.42 Å². The molecule has 0 bridgehead atoms. The number of rotatable bonds is 7. The summed E-state index contributed by atoms with van der Waals surface area (Å²) >= 11 is 0. The van der Waals surface area contributed by atoms with Gasteiger partial charge in [0.2, 0.25) is 15.9 Å². The minimum atomic E-state index is -3.51. The summed E-state index contributed by atoms with van der Waals surface area (Å²) in [5.41, 5.74) is 4.37. The second kappa shape index (κ2) is 10.3. The van der Waals surface area contributed by atoms with Crippen LogP contribution in [0.15, 0.2) is 83.8 Å². The first-order valence-electron chi connectivity index (χ1n) is 11.4. The molecule has 1 N–H and O–H groups in total. The minimum Gasteiger partial charge on any atom is -0.326 e. The molecule has 172 valence electrons. The largest absolute Gasteiger partial charge is 0.326 e. The Kier molecular flexibility index (Phi) is 7.26. The van der Waals surface area contributed by atoms with Crippen LogP contribution in [-0.4, -0.2) is 31.7 Å². The summed E-state index contributed by atoms with van der Waals surface area (Å²) in [6.45, 7) is 2.52. The third kappa shape index (κ3) is 5.89. The monoisotopic (exact) mass is 462 g/mol. The van der Waals surface area contributed by atoms with Crippen molar-refractivity contribution in [1.82, 2.24) is 4.31 Å².